The van der Waals surface area contributed by atoms with Gasteiger partial charge in [0, 0.05) is 4.47 Å². The van der Waals surface area contributed by atoms with Crippen LogP contribution in [0.25, 0.3) is 0 Å². The van der Waals surface area contributed by atoms with E-state index in [1.165, 1.54) is 0 Å². The number of aliphatic imine (C=N–C) groups is 1. The van der Waals surface area contributed by atoms with Crippen molar-refractivity contribution in [2.45, 2.75) is 26.3 Å². The fraction of sp³-hybridized carbons (Fsp3) is 0.364. The van der Waals surface area contributed by atoms with Crippen LogP contribution >= 0.6 is 15.9 Å². The molecule has 14 heavy (non-hydrogen) atoms. The number of halogens is 1. The van der Waals surface area contributed by atoms with E-state index in [-0.39, 0.29) is 0 Å². The normalized spacial score (nSPS) is 10.9. The van der Waals surface area contributed by atoms with Crippen LogP contribution < -0.4 is 0 Å². The van der Waals surface area contributed by atoms with Crippen LogP contribution in [0.4, 0.5) is 0 Å². The second kappa shape index (κ2) is 4.07. The molecule has 0 aromatic heterocycles. The largest absolute Gasteiger partial charge is 0.235 e. The Labute approximate surface area is 92.2 Å². The van der Waals surface area contributed by atoms with Gasteiger partial charge in [0.25, 0.3) is 0 Å². The molecule has 1 aromatic rings. The Morgan fingerprint density at radius 2 is 2.07 bits per heavy atom. The van der Waals surface area contributed by atoms with Crippen molar-refractivity contribution in [2.75, 3.05) is 0 Å². The molecule has 0 N–H and O–H groups in total. The maximum Gasteiger partial charge on any atom is 0.235 e. The molecule has 1 aromatic carbocycles. The molecule has 1 rings (SSSR count). The van der Waals surface area contributed by atoms with Crippen molar-refractivity contribution >= 4 is 22.0 Å². The van der Waals surface area contributed by atoms with Crippen LogP contribution in [0.2, 0.25) is 0 Å². The highest BCUT2D eigenvalue weighted by Gasteiger charge is 2.21. The van der Waals surface area contributed by atoms with Crippen LogP contribution in [0.15, 0.2) is 27.7 Å². The summed E-state index contributed by atoms with van der Waals surface area (Å²) in [5.74, 6) is 0. The van der Waals surface area contributed by atoms with Crippen molar-refractivity contribution in [3.8, 4) is 0 Å². The molecule has 0 bridgehead atoms. The number of hydrogen-bond donors (Lipinski definition) is 0. The minimum Gasteiger partial charge on any atom is -0.211 e. The van der Waals surface area contributed by atoms with Crippen molar-refractivity contribution in [2.24, 2.45) is 4.99 Å². The number of carbonyl (C=O) groups excluding carboxylic acids is 1. The van der Waals surface area contributed by atoms with E-state index < -0.39 is 5.54 Å². The lowest BCUT2D eigenvalue weighted by atomic mass is 9.91. The third kappa shape index (κ3) is 2.11. The molecule has 0 heterocycles. The Kier molecular flexibility index (Phi) is 3.25. The Hall–Kier alpha value is -0.920. The van der Waals surface area contributed by atoms with Crippen LogP contribution in [0.5, 0.6) is 0 Å². The van der Waals surface area contributed by atoms with Gasteiger partial charge in [0.15, 0.2) is 0 Å². The van der Waals surface area contributed by atoms with Gasteiger partial charge >= 0.3 is 0 Å². The van der Waals surface area contributed by atoms with Crippen LogP contribution in [0, 0.1) is 6.92 Å². The predicted octanol–water partition coefficient (Wildman–Crippen LogP) is 3.33. The number of benzene rings is 1. The maximum atomic E-state index is 10.3. The first kappa shape index (κ1) is 11.2. The van der Waals surface area contributed by atoms with Crippen molar-refractivity contribution in [3.05, 3.63) is 33.8 Å². The van der Waals surface area contributed by atoms with E-state index in [2.05, 4.69) is 20.9 Å². The number of rotatable bonds is 2. The predicted molar refractivity (Wildman–Crippen MR) is 60.0 cm³/mol. The van der Waals surface area contributed by atoms with Crippen molar-refractivity contribution < 1.29 is 4.79 Å². The van der Waals surface area contributed by atoms with Gasteiger partial charge in [-0.15, -0.1) is 0 Å². The van der Waals surface area contributed by atoms with Crippen molar-refractivity contribution in [3.63, 3.8) is 0 Å². The second-order valence-corrected chi connectivity index (χ2v) is 4.53. The van der Waals surface area contributed by atoms with E-state index in [1.54, 1.807) is 6.08 Å². The SMILES string of the molecule is Cc1c(Br)cccc1C(C)(C)N=C=O. The van der Waals surface area contributed by atoms with Gasteiger partial charge in [-0.2, -0.15) is 4.99 Å². The summed E-state index contributed by atoms with van der Waals surface area (Å²) in [7, 11) is 0. The first-order valence-electron chi connectivity index (χ1n) is 4.33. The van der Waals surface area contributed by atoms with Gasteiger partial charge in [-0.05, 0) is 38.0 Å². The zero-order valence-corrected chi connectivity index (χ0v) is 10.1. The first-order chi connectivity index (χ1) is 6.49. The maximum absolute atomic E-state index is 10.3. The van der Waals surface area contributed by atoms with Crippen LogP contribution in [0.1, 0.15) is 25.0 Å². The zero-order chi connectivity index (χ0) is 10.8. The molecule has 0 unspecified atom stereocenters. The van der Waals surface area contributed by atoms with Gasteiger partial charge in [0.2, 0.25) is 6.08 Å². The average molecular weight is 254 g/mol. The Morgan fingerprint density at radius 1 is 1.43 bits per heavy atom. The molecule has 0 radical (unpaired) electrons. The molecular weight excluding hydrogens is 242 g/mol. The summed E-state index contributed by atoms with van der Waals surface area (Å²) in [6.45, 7) is 5.79. The van der Waals surface area contributed by atoms with Crippen LogP contribution in [0.3, 0.4) is 0 Å². The van der Waals surface area contributed by atoms with E-state index in [0.29, 0.717) is 0 Å². The van der Waals surface area contributed by atoms with Crippen molar-refractivity contribution in [1.82, 2.24) is 0 Å². The van der Waals surface area contributed by atoms with Gasteiger partial charge in [-0.3, -0.25) is 0 Å². The molecule has 74 valence electrons. The number of nitrogens with zero attached hydrogens (tertiary/aromatic N) is 1. The summed E-state index contributed by atoms with van der Waals surface area (Å²) < 4.78 is 1.03. The van der Waals surface area contributed by atoms with Crippen LogP contribution in [-0.4, -0.2) is 6.08 Å². The van der Waals surface area contributed by atoms with Gasteiger partial charge in [-0.25, -0.2) is 4.79 Å². The van der Waals surface area contributed by atoms with Gasteiger partial charge < -0.3 is 0 Å². The third-order valence-corrected chi connectivity index (χ3v) is 3.11. The minimum absolute atomic E-state index is 0.504. The molecule has 0 saturated carbocycles. The lowest BCUT2D eigenvalue weighted by Gasteiger charge is -2.20. The second-order valence-electron chi connectivity index (χ2n) is 3.67. The fourth-order valence-corrected chi connectivity index (χ4v) is 1.81. The van der Waals surface area contributed by atoms with E-state index in [1.807, 2.05) is 39.0 Å². The average Bonchev–Trinajstić information content (AvgIpc) is 2.09. The third-order valence-electron chi connectivity index (χ3n) is 2.25. The highest BCUT2D eigenvalue weighted by Crippen LogP contribution is 2.30. The molecule has 0 fully saturated rings. The molecule has 3 heteroatoms. The zero-order valence-electron chi connectivity index (χ0n) is 8.47. The smallest absolute Gasteiger partial charge is 0.211 e. The molecular formula is C11H12BrNO. The van der Waals surface area contributed by atoms with E-state index in [4.69, 9.17) is 0 Å². The number of hydrogen-bond acceptors (Lipinski definition) is 2. The van der Waals surface area contributed by atoms with E-state index >= 15 is 0 Å². The number of isocyanates is 1. The van der Waals surface area contributed by atoms with Crippen LogP contribution in [-0.2, 0) is 10.3 Å². The highest BCUT2D eigenvalue weighted by atomic mass is 79.9. The standard InChI is InChI=1S/C11H12BrNO/c1-8-9(5-4-6-10(8)12)11(2,3)13-7-14/h4-6H,1-3H3. The highest BCUT2D eigenvalue weighted by molar-refractivity contribution is 9.10. The summed E-state index contributed by atoms with van der Waals surface area (Å²) in [5.41, 5.74) is 1.64. The Morgan fingerprint density at radius 3 is 2.64 bits per heavy atom. The molecule has 2 nitrogen and oxygen atoms in total. The van der Waals surface area contributed by atoms with E-state index in [0.717, 1.165) is 15.6 Å². The summed E-state index contributed by atoms with van der Waals surface area (Å²) in [6.07, 6.45) is 1.61. The quantitative estimate of drug-likeness (QED) is 0.588. The van der Waals surface area contributed by atoms with Gasteiger partial charge in [-0.1, -0.05) is 28.1 Å². The summed E-state index contributed by atoms with van der Waals surface area (Å²) >= 11 is 3.45. The molecule has 0 aliphatic rings. The lowest BCUT2D eigenvalue weighted by molar-refractivity contribution is 0.521. The van der Waals surface area contributed by atoms with Gasteiger partial charge in [0.05, 0.1) is 5.54 Å². The molecule has 0 aliphatic carbocycles. The minimum atomic E-state index is -0.504. The monoisotopic (exact) mass is 253 g/mol. The first-order valence-corrected chi connectivity index (χ1v) is 5.13. The van der Waals surface area contributed by atoms with Gasteiger partial charge in [0.1, 0.15) is 0 Å². The Balaban J connectivity index is 3.32. The molecule has 0 saturated heterocycles. The van der Waals surface area contributed by atoms with E-state index in [9.17, 15) is 4.79 Å². The summed E-state index contributed by atoms with van der Waals surface area (Å²) in [4.78, 5) is 14.1. The Bertz CT molecular complexity index is 392. The molecule has 0 spiro atoms. The van der Waals surface area contributed by atoms with Crippen molar-refractivity contribution in [1.29, 1.82) is 0 Å². The molecule has 0 atom stereocenters. The topological polar surface area (TPSA) is 29.4 Å². The molecule has 0 amide bonds. The lowest BCUT2D eigenvalue weighted by Crippen LogP contribution is -2.15. The summed E-state index contributed by atoms with van der Waals surface area (Å²) in [6, 6.07) is 5.88. The fourth-order valence-electron chi connectivity index (χ4n) is 1.44. The molecule has 0 aliphatic heterocycles. The summed E-state index contributed by atoms with van der Waals surface area (Å²) in [5, 5.41) is 0.